The van der Waals surface area contributed by atoms with Gasteiger partial charge in [0.1, 0.15) is 17.8 Å². The second-order valence-electron chi connectivity index (χ2n) is 10.9. The second kappa shape index (κ2) is 8.89. The number of rotatable bonds is 6. The van der Waals surface area contributed by atoms with Crippen molar-refractivity contribution in [2.75, 3.05) is 24.1 Å². The molecule has 1 aromatic carbocycles. The Hall–Kier alpha value is -3.45. The molecule has 1 atom stereocenters. The molecule has 2 aromatic heterocycles. The van der Waals surface area contributed by atoms with Crippen molar-refractivity contribution >= 4 is 34.0 Å². The number of nitrogens with zero attached hydrogens (tertiary/aromatic N) is 4. The van der Waals surface area contributed by atoms with Crippen LogP contribution in [0.2, 0.25) is 0 Å². The highest BCUT2D eigenvalue weighted by atomic mass is 16.1. The molecule has 0 radical (unpaired) electrons. The smallest absolute Gasteiger partial charge is 0.250 e. The van der Waals surface area contributed by atoms with Crippen molar-refractivity contribution < 1.29 is 4.79 Å². The molecule has 186 valence electrons. The lowest BCUT2D eigenvalue weighted by Crippen LogP contribution is -2.33. The van der Waals surface area contributed by atoms with E-state index in [0.29, 0.717) is 11.4 Å². The van der Waals surface area contributed by atoms with E-state index in [9.17, 15) is 4.79 Å². The molecule has 0 spiro atoms. The molecule has 2 aliphatic carbocycles. The number of carbonyl (C=O) groups is 1. The summed E-state index contributed by atoms with van der Waals surface area (Å²) in [5.41, 5.74) is 13.1. The van der Waals surface area contributed by atoms with Crippen LogP contribution in [0, 0.1) is 11.8 Å². The van der Waals surface area contributed by atoms with E-state index in [-0.39, 0.29) is 5.91 Å². The first kappa shape index (κ1) is 23.0. The van der Waals surface area contributed by atoms with E-state index < -0.39 is 0 Å². The first-order valence-corrected chi connectivity index (χ1v) is 13.0. The number of benzene rings is 1. The average Bonchev–Trinajstić information content (AvgIpc) is 3.51. The number of anilines is 2. The minimum Gasteiger partial charge on any atom is -0.383 e. The third-order valence-corrected chi connectivity index (χ3v) is 8.35. The number of allylic oxidation sites excluding steroid dienone is 2. The molecule has 2 saturated heterocycles. The van der Waals surface area contributed by atoms with Crippen molar-refractivity contribution in [1.82, 2.24) is 19.4 Å². The summed E-state index contributed by atoms with van der Waals surface area (Å²) >= 11 is 0. The largest absolute Gasteiger partial charge is 0.383 e. The topological polar surface area (TPSA) is 89.1 Å². The van der Waals surface area contributed by atoms with Crippen LogP contribution in [0.3, 0.4) is 0 Å². The lowest BCUT2D eigenvalue weighted by atomic mass is 9.84. The van der Waals surface area contributed by atoms with Crippen molar-refractivity contribution in [3.05, 3.63) is 54.4 Å². The van der Waals surface area contributed by atoms with Gasteiger partial charge in [0.25, 0.3) is 5.91 Å². The molecule has 4 aliphatic rings. The van der Waals surface area contributed by atoms with Crippen LogP contribution in [-0.2, 0) is 11.8 Å². The molecule has 7 rings (SSSR count). The Balaban J connectivity index is 1.34. The fourth-order valence-corrected chi connectivity index (χ4v) is 6.34. The minimum atomic E-state index is -0.177. The summed E-state index contributed by atoms with van der Waals surface area (Å²) in [6.07, 6.45) is 10.1. The Kier molecular flexibility index (Phi) is 5.67. The summed E-state index contributed by atoms with van der Waals surface area (Å²) in [6.45, 7) is 7.96. The number of fused-ring (bicyclic) bond motifs is 2. The van der Waals surface area contributed by atoms with Crippen LogP contribution < -0.4 is 11.1 Å². The van der Waals surface area contributed by atoms with E-state index in [0.717, 1.165) is 64.3 Å². The molecule has 0 unspecified atom stereocenters. The van der Waals surface area contributed by atoms with Gasteiger partial charge >= 0.3 is 0 Å². The number of nitrogens with one attached hydrogen (secondary N) is 1. The Morgan fingerprint density at radius 1 is 1.22 bits per heavy atom. The Bertz CT molecular complexity index is 1380. The number of hydrogen-bond acceptors (Lipinski definition) is 5. The maximum atomic E-state index is 12.0. The predicted molar refractivity (Wildman–Crippen MR) is 145 cm³/mol. The number of aromatic nitrogens is 3. The van der Waals surface area contributed by atoms with Gasteiger partial charge in [-0.25, -0.2) is 9.97 Å². The zero-order valence-corrected chi connectivity index (χ0v) is 21.1. The molecule has 7 heteroatoms. The van der Waals surface area contributed by atoms with Gasteiger partial charge in [0.05, 0.1) is 11.1 Å². The van der Waals surface area contributed by atoms with Gasteiger partial charge in [-0.2, -0.15) is 0 Å². The molecule has 2 aliphatic heterocycles. The Labute approximate surface area is 212 Å². The molecule has 3 aromatic rings. The van der Waals surface area contributed by atoms with E-state index in [1.807, 2.05) is 31.3 Å². The molecule has 36 heavy (non-hydrogen) atoms. The summed E-state index contributed by atoms with van der Waals surface area (Å²) < 4.78 is 2.12. The van der Waals surface area contributed by atoms with Gasteiger partial charge < -0.3 is 15.6 Å². The number of carbonyl (C=O) groups excluding carboxylic acids is 1. The Morgan fingerprint density at radius 3 is 2.64 bits per heavy atom. The van der Waals surface area contributed by atoms with Gasteiger partial charge in [-0.15, -0.1) is 0 Å². The van der Waals surface area contributed by atoms with Crippen LogP contribution in [0.5, 0.6) is 0 Å². The second-order valence-corrected chi connectivity index (χ2v) is 10.9. The number of aryl methyl sites for hydroxylation is 1. The van der Waals surface area contributed by atoms with Crippen LogP contribution in [0.25, 0.3) is 27.9 Å². The van der Waals surface area contributed by atoms with Crippen molar-refractivity contribution in [3.8, 4) is 11.3 Å². The van der Waals surface area contributed by atoms with Crippen molar-refractivity contribution in [2.24, 2.45) is 18.9 Å². The zero-order chi connectivity index (χ0) is 25.0. The van der Waals surface area contributed by atoms with E-state index in [1.54, 1.807) is 6.92 Å². The molecule has 3 N–H and O–H groups in total. The first-order chi connectivity index (χ1) is 17.4. The van der Waals surface area contributed by atoms with Gasteiger partial charge in [0.2, 0.25) is 0 Å². The van der Waals surface area contributed by atoms with Gasteiger partial charge in [0.15, 0.2) is 0 Å². The highest BCUT2D eigenvalue weighted by Gasteiger charge is 2.43. The summed E-state index contributed by atoms with van der Waals surface area (Å²) in [4.78, 5) is 23.7. The molecule has 1 amide bonds. The first-order valence-electron chi connectivity index (χ1n) is 13.0. The molecule has 3 fully saturated rings. The monoisotopic (exact) mass is 482 g/mol. The van der Waals surface area contributed by atoms with E-state index >= 15 is 0 Å². The van der Waals surface area contributed by atoms with Gasteiger partial charge in [-0.3, -0.25) is 9.69 Å². The van der Waals surface area contributed by atoms with E-state index in [1.165, 1.54) is 44.3 Å². The van der Waals surface area contributed by atoms with Gasteiger partial charge in [-0.1, -0.05) is 24.8 Å². The fourth-order valence-electron chi connectivity index (χ4n) is 6.34. The SMILES string of the molecule is C=C(C)C(=O)Nc1ccc(-c2c(C3=CC[C@@H](CN4CC5CC4C5)CC3)c3c(N)ncnc3n2C)cc1. The summed E-state index contributed by atoms with van der Waals surface area (Å²) in [5, 5.41) is 3.82. The molecular weight excluding hydrogens is 448 g/mol. The van der Waals surface area contributed by atoms with Crippen molar-refractivity contribution in [3.63, 3.8) is 0 Å². The normalized spacial score (nSPS) is 23.4. The molecular formula is C29H34N6O. The molecule has 7 nitrogen and oxygen atoms in total. The number of nitrogen functional groups attached to an aromatic ring is 1. The van der Waals surface area contributed by atoms with E-state index in [4.69, 9.17) is 5.73 Å². The predicted octanol–water partition coefficient (Wildman–Crippen LogP) is 5.01. The summed E-state index contributed by atoms with van der Waals surface area (Å²) in [6, 6.07) is 8.80. The average molecular weight is 483 g/mol. The van der Waals surface area contributed by atoms with Crippen LogP contribution in [0.4, 0.5) is 11.5 Å². The number of hydrogen-bond donors (Lipinski definition) is 2. The molecule has 2 bridgehead atoms. The van der Waals surface area contributed by atoms with Gasteiger partial charge in [-0.05, 0) is 74.1 Å². The van der Waals surface area contributed by atoms with Crippen LogP contribution in [0.1, 0.15) is 44.6 Å². The molecule has 1 saturated carbocycles. The zero-order valence-electron chi connectivity index (χ0n) is 21.1. The fraction of sp³-hybridized carbons (Fsp3) is 0.414. The number of nitrogens with two attached hydrogens (primary N) is 1. The van der Waals surface area contributed by atoms with Gasteiger partial charge in [0, 0.05) is 43.0 Å². The highest BCUT2D eigenvalue weighted by molar-refractivity contribution is 6.05. The van der Waals surface area contributed by atoms with Crippen LogP contribution in [-0.4, -0.2) is 44.5 Å². The standard InChI is InChI=1S/C29H34N6O/c1-17(2)29(36)33-22-10-8-21(9-11-22)26-24(25-27(30)31-16-32-28(25)34(26)3)20-6-4-18(5-7-20)14-35-15-19-12-23(35)13-19/h6,8-11,16,18-19,23H,1,4-5,7,12-15H2,2-3H3,(H,33,36)(H2,30,31,32)/t18-,19?,23?/m1/s1. The lowest BCUT2D eigenvalue weighted by molar-refractivity contribution is -0.112. The lowest BCUT2D eigenvalue weighted by Gasteiger charge is -2.30. The summed E-state index contributed by atoms with van der Waals surface area (Å²) in [5.74, 6) is 2.02. The third kappa shape index (κ3) is 3.91. The third-order valence-electron chi connectivity index (χ3n) is 8.35. The highest BCUT2D eigenvalue weighted by Crippen LogP contribution is 2.45. The minimum absolute atomic E-state index is 0.177. The van der Waals surface area contributed by atoms with E-state index in [2.05, 4.69) is 37.4 Å². The van der Waals surface area contributed by atoms with Crippen molar-refractivity contribution in [1.29, 1.82) is 0 Å². The Morgan fingerprint density at radius 2 is 2.00 bits per heavy atom. The molecule has 4 heterocycles. The van der Waals surface area contributed by atoms with Crippen molar-refractivity contribution in [2.45, 2.75) is 45.1 Å². The maximum Gasteiger partial charge on any atom is 0.250 e. The quantitative estimate of drug-likeness (QED) is 0.482. The van der Waals surface area contributed by atoms with Crippen LogP contribution >= 0.6 is 0 Å². The maximum absolute atomic E-state index is 12.0. The summed E-state index contributed by atoms with van der Waals surface area (Å²) in [7, 11) is 2.04. The number of amides is 1. The van der Waals surface area contributed by atoms with Crippen LogP contribution in [0.15, 0.2) is 48.8 Å².